The first-order chi connectivity index (χ1) is 5.52. The van der Waals surface area contributed by atoms with Crippen LogP contribution in [0, 0.1) is 0 Å². The normalized spacial score (nSPS) is 26.2. The maximum atomic E-state index is 9.96. The van der Waals surface area contributed by atoms with Crippen LogP contribution in [0.2, 0.25) is 0 Å². The third-order valence-corrected chi connectivity index (χ3v) is 1.35. The highest BCUT2D eigenvalue weighted by Gasteiger charge is 2.50. The minimum absolute atomic E-state index is 0.319. The van der Waals surface area contributed by atoms with Crippen molar-refractivity contribution in [2.45, 2.75) is 12.2 Å². The van der Waals surface area contributed by atoms with Crippen molar-refractivity contribution in [3.05, 3.63) is 12.2 Å². The Kier molecular flexibility index (Phi) is 1.90. The Labute approximate surface area is 67.0 Å². The fraction of sp³-hybridized carbons (Fsp3) is 0.333. The molecule has 1 fully saturated rings. The summed E-state index contributed by atoms with van der Waals surface area (Å²) in [5, 5.41) is 16.3. The van der Waals surface area contributed by atoms with Crippen LogP contribution in [0.4, 0.5) is 9.59 Å². The number of carbonyl (C=O) groups is 2. The molecular formula is C6H6O6. The molecule has 2 N–H and O–H groups in total. The first-order valence-corrected chi connectivity index (χ1v) is 3.00. The first-order valence-electron chi connectivity index (χ1n) is 3.00. The summed E-state index contributed by atoms with van der Waals surface area (Å²) in [6, 6.07) is 0. The zero-order chi connectivity index (χ0) is 9.30. The van der Waals surface area contributed by atoms with Crippen LogP contribution in [0.5, 0.6) is 0 Å². The van der Waals surface area contributed by atoms with Crippen molar-refractivity contribution in [1.82, 2.24) is 0 Å². The van der Waals surface area contributed by atoms with E-state index >= 15 is 0 Å². The quantitative estimate of drug-likeness (QED) is 0.472. The number of rotatable bonds is 2. The number of carboxylic acid groups (broad SMARTS) is 2. The van der Waals surface area contributed by atoms with E-state index in [9.17, 15) is 9.59 Å². The lowest BCUT2D eigenvalue weighted by atomic mass is 10.7. The lowest BCUT2D eigenvalue weighted by Gasteiger charge is -1.96. The van der Waals surface area contributed by atoms with E-state index in [2.05, 4.69) is 16.1 Å². The molecule has 6 heteroatoms. The second-order valence-electron chi connectivity index (χ2n) is 2.18. The van der Waals surface area contributed by atoms with Gasteiger partial charge in [-0.2, -0.15) is 0 Å². The fourth-order valence-electron chi connectivity index (χ4n) is 0.754. The van der Waals surface area contributed by atoms with Crippen LogP contribution >= 0.6 is 0 Å². The first kappa shape index (κ1) is 8.38. The molecule has 0 aromatic rings. The van der Waals surface area contributed by atoms with Gasteiger partial charge in [0.2, 0.25) is 0 Å². The molecule has 0 unspecified atom stereocenters. The van der Waals surface area contributed by atoms with Gasteiger partial charge in [-0.25, -0.2) is 9.59 Å². The average Bonchev–Trinajstić information content (AvgIpc) is 2.43. The third kappa shape index (κ3) is 1.66. The molecule has 0 heterocycles. The maximum absolute atomic E-state index is 9.96. The maximum Gasteiger partial charge on any atom is 0.506 e. The van der Waals surface area contributed by atoms with Gasteiger partial charge in [0.05, 0.1) is 0 Å². The molecule has 0 aromatic heterocycles. The number of ether oxygens (including phenoxy) is 2. The minimum atomic E-state index is -1.47. The van der Waals surface area contributed by atoms with Crippen LogP contribution < -0.4 is 0 Å². The van der Waals surface area contributed by atoms with Crippen molar-refractivity contribution in [2.75, 3.05) is 0 Å². The van der Waals surface area contributed by atoms with Crippen molar-refractivity contribution in [3.8, 4) is 0 Å². The Bertz CT molecular complexity index is 220. The molecule has 1 saturated carbocycles. The molecule has 0 saturated heterocycles. The number of hydrogen-bond donors (Lipinski definition) is 2. The molecule has 6 nitrogen and oxygen atoms in total. The molecule has 0 bridgehead atoms. The molecule has 12 heavy (non-hydrogen) atoms. The van der Waals surface area contributed by atoms with E-state index in [4.69, 9.17) is 10.2 Å². The van der Waals surface area contributed by atoms with Gasteiger partial charge >= 0.3 is 12.3 Å². The Hall–Kier alpha value is -1.72. The van der Waals surface area contributed by atoms with Crippen LogP contribution in [0.15, 0.2) is 12.2 Å². The molecule has 1 rings (SSSR count). The topological polar surface area (TPSA) is 93.1 Å². The van der Waals surface area contributed by atoms with Crippen LogP contribution in [0.25, 0.3) is 0 Å². The Morgan fingerprint density at radius 1 is 1.17 bits per heavy atom. The van der Waals surface area contributed by atoms with Crippen LogP contribution in [-0.2, 0) is 9.47 Å². The number of hydrogen-bond acceptors (Lipinski definition) is 4. The molecule has 2 atom stereocenters. The predicted octanol–water partition coefficient (Wildman–Crippen LogP) is 0.683. The summed E-state index contributed by atoms with van der Waals surface area (Å²) < 4.78 is 8.43. The molecular weight excluding hydrogens is 168 g/mol. The SMILES string of the molecule is C=C1[C@@H](OC(=O)O)[C@@H]1OC(=O)O. The fourth-order valence-corrected chi connectivity index (χ4v) is 0.754. The molecule has 0 radical (unpaired) electrons. The van der Waals surface area contributed by atoms with E-state index in [0.717, 1.165) is 0 Å². The zero-order valence-electron chi connectivity index (χ0n) is 5.89. The molecule has 1 aliphatic rings. The zero-order valence-corrected chi connectivity index (χ0v) is 5.89. The molecule has 0 spiro atoms. The van der Waals surface area contributed by atoms with Crippen molar-refractivity contribution < 1.29 is 29.3 Å². The van der Waals surface area contributed by atoms with Gasteiger partial charge in [0.15, 0.2) is 12.2 Å². The molecule has 0 amide bonds. The van der Waals surface area contributed by atoms with E-state index in [-0.39, 0.29) is 0 Å². The average molecular weight is 174 g/mol. The van der Waals surface area contributed by atoms with Gasteiger partial charge in [-0.3, -0.25) is 0 Å². The Morgan fingerprint density at radius 2 is 1.50 bits per heavy atom. The summed E-state index contributed by atoms with van der Waals surface area (Å²) in [4.78, 5) is 19.9. The largest absolute Gasteiger partial charge is 0.506 e. The van der Waals surface area contributed by atoms with Gasteiger partial charge < -0.3 is 19.7 Å². The summed E-state index contributed by atoms with van der Waals surface area (Å²) >= 11 is 0. The molecule has 1 aliphatic carbocycles. The smallest absolute Gasteiger partial charge is 0.450 e. The summed E-state index contributed by atoms with van der Waals surface area (Å²) in [6.45, 7) is 3.36. The summed E-state index contributed by atoms with van der Waals surface area (Å²) in [5.41, 5.74) is 0.319. The van der Waals surface area contributed by atoms with Crippen molar-refractivity contribution in [3.63, 3.8) is 0 Å². The highest BCUT2D eigenvalue weighted by Crippen LogP contribution is 2.35. The van der Waals surface area contributed by atoms with Gasteiger partial charge in [0.25, 0.3) is 0 Å². The van der Waals surface area contributed by atoms with Crippen molar-refractivity contribution in [1.29, 1.82) is 0 Å². The van der Waals surface area contributed by atoms with E-state index < -0.39 is 24.5 Å². The van der Waals surface area contributed by atoms with E-state index in [1.165, 1.54) is 0 Å². The van der Waals surface area contributed by atoms with Gasteiger partial charge in [-0.05, 0) is 0 Å². The predicted molar refractivity (Wildman–Crippen MR) is 34.9 cm³/mol. The molecule has 0 aromatic carbocycles. The lowest BCUT2D eigenvalue weighted by molar-refractivity contribution is 0.0444. The highest BCUT2D eigenvalue weighted by molar-refractivity contribution is 5.62. The van der Waals surface area contributed by atoms with Gasteiger partial charge in [0, 0.05) is 5.57 Å². The standard InChI is InChI=1S/C6H6O6/c1-2-3(11-5(7)8)4(2)12-6(9)10/h3-4H,1H2,(H,7,8)(H,9,10)/t3-,4-/m1/s1. The van der Waals surface area contributed by atoms with E-state index in [0.29, 0.717) is 5.57 Å². The molecule has 66 valence electrons. The van der Waals surface area contributed by atoms with E-state index in [1.54, 1.807) is 0 Å². The summed E-state index contributed by atoms with van der Waals surface area (Å²) in [5.74, 6) is 0. The summed E-state index contributed by atoms with van der Waals surface area (Å²) in [6.07, 6.45) is -4.62. The second-order valence-corrected chi connectivity index (χ2v) is 2.18. The Balaban J connectivity index is 2.38. The van der Waals surface area contributed by atoms with Crippen LogP contribution in [0.3, 0.4) is 0 Å². The van der Waals surface area contributed by atoms with Crippen LogP contribution in [0.1, 0.15) is 0 Å². The van der Waals surface area contributed by atoms with Crippen LogP contribution in [-0.4, -0.2) is 34.7 Å². The highest BCUT2D eigenvalue weighted by atomic mass is 16.7. The van der Waals surface area contributed by atoms with Crippen molar-refractivity contribution in [2.24, 2.45) is 0 Å². The lowest BCUT2D eigenvalue weighted by Crippen LogP contribution is -2.10. The van der Waals surface area contributed by atoms with Gasteiger partial charge in [-0.15, -0.1) is 0 Å². The minimum Gasteiger partial charge on any atom is -0.450 e. The Morgan fingerprint density at radius 3 is 1.75 bits per heavy atom. The van der Waals surface area contributed by atoms with Gasteiger partial charge in [-0.1, -0.05) is 6.58 Å². The second kappa shape index (κ2) is 2.72. The van der Waals surface area contributed by atoms with E-state index in [1.807, 2.05) is 0 Å². The van der Waals surface area contributed by atoms with Crippen molar-refractivity contribution >= 4 is 12.3 Å². The third-order valence-electron chi connectivity index (χ3n) is 1.35. The van der Waals surface area contributed by atoms with Gasteiger partial charge in [0.1, 0.15) is 0 Å². The summed E-state index contributed by atoms with van der Waals surface area (Å²) in [7, 11) is 0. The molecule has 0 aliphatic heterocycles. The monoisotopic (exact) mass is 174 g/mol.